The van der Waals surface area contributed by atoms with Crippen molar-refractivity contribution in [2.24, 2.45) is 5.92 Å². The zero-order valence-corrected chi connectivity index (χ0v) is 13.0. The fourth-order valence-corrected chi connectivity index (χ4v) is 3.87. The van der Waals surface area contributed by atoms with E-state index in [0.29, 0.717) is 0 Å². The maximum atomic E-state index is 3.41. The third kappa shape index (κ3) is 4.73. The number of unbranched alkanes of at least 4 members (excludes halogenated alkanes) is 2. The topological polar surface area (TPSA) is 18.5 Å². The molecule has 2 aliphatic heterocycles. The minimum absolute atomic E-state index is 0.888. The van der Waals surface area contributed by atoms with Crippen LogP contribution in [0.3, 0.4) is 0 Å². The van der Waals surface area contributed by atoms with Gasteiger partial charge >= 0.3 is 0 Å². The number of piperidine rings is 2. The summed E-state index contributed by atoms with van der Waals surface area (Å²) in [7, 11) is 2.33. The van der Waals surface area contributed by atoms with Crippen molar-refractivity contribution in [3.63, 3.8) is 0 Å². The van der Waals surface area contributed by atoms with Crippen LogP contribution in [0.4, 0.5) is 0 Å². The van der Waals surface area contributed by atoms with Gasteiger partial charge in [0.05, 0.1) is 0 Å². The molecule has 2 fully saturated rings. The zero-order valence-electron chi connectivity index (χ0n) is 13.0. The maximum absolute atomic E-state index is 3.41. The first-order chi connectivity index (χ1) is 9.31. The molecule has 2 saturated heterocycles. The monoisotopic (exact) mass is 267 g/mol. The molecule has 2 rings (SSSR count). The number of hydrogen-bond donors (Lipinski definition) is 1. The van der Waals surface area contributed by atoms with E-state index in [1.165, 1.54) is 71.2 Å². The Balaban J connectivity index is 1.59. The summed E-state index contributed by atoms with van der Waals surface area (Å²) in [4.78, 5) is 5.34. The van der Waals surface area contributed by atoms with E-state index in [1.807, 2.05) is 0 Å². The highest BCUT2D eigenvalue weighted by atomic mass is 15.2. The van der Waals surface area contributed by atoms with Gasteiger partial charge in [-0.05, 0) is 77.8 Å². The predicted octanol–water partition coefficient (Wildman–Crippen LogP) is 2.18. The molecule has 112 valence electrons. The summed E-state index contributed by atoms with van der Waals surface area (Å²) in [5, 5.41) is 3.41. The Morgan fingerprint density at radius 2 is 2.00 bits per heavy atom. The Hall–Kier alpha value is -0.120. The smallest absolute Gasteiger partial charge is 0.0145 e. The number of fused-ring (bicyclic) bond motifs is 1. The number of rotatable bonds is 7. The molecule has 0 saturated carbocycles. The average Bonchev–Trinajstić information content (AvgIpc) is 2.43. The van der Waals surface area contributed by atoms with Crippen molar-refractivity contribution in [3.8, 4) is 0 Å². The third-order valence-corrected chi connectivity index (χ3v) is 5.01. The summed E-state index contributed by atoms with van der Waals surface area (Å²) >= 11 is 0. The molecule has 0 radical (unpaired) electrons. The van der Waals surface area contributed by atoms with Gasteiger partial charge in [-0.25, -0.2) is 0 Å². The van der Waals surface area contributed by atoms with Crippen LogP contribution in [0.15, 0.2) is 0 Å². The second-order valence-electron chi connectivity index (χ2n) is 6.45. The Bertz CT molecular complexity index is 244. The van der Waals surface area contributed by atoms with Gasteiger partial charge in [0.15, 0.2) is 0 Å². The van der Waals surface area contributed by atoms with E-state index in [0.717, 1.165) is 18.5 Å². The first kappa shape index (κ1) is 15.3. The standard InChI is InChI=1S/C16H33N3/c1-3-17-10-5-4-6-12-19-13-9-16-15(14-19)8-7-11-18(16)2/h15-17H,3-14H2,1-2H3. The second-order valence-corrected chi connectivity index (χ2v) is 6.45. The van der Waals surface area contributed by atoms with Gasteiger partial charge in [-0.2, -0.15) is 0 Å². The largest absolute Gasteiger partial charge is 0.317 e. The molecule has 0 spiro atoms. The summed E-state index contributed by atoms with van der Waals surface area (Å²) in [5.41, 5.74) is 0. The lowest BCUT2D eigenvalue weighted by molar-refractivity contribution is 0.0380. The molecule has 0 amide bonds. The van der Waals surface area contributed by atoms with Crippen LogP contribution in [0, 0.1) is 5.92 Å². The van der Waals surface area contributed by atoms with Gasteiger partial charge in [-0.3, -0.25) is 0 Å². The number of nitrogens with zero attached hydrogens (tertiary/aromatic N) is 2. The molecule has 2 heterocycles. The molecule has 3 nitrogen and oxygen atoms in total. The molecule has 1 N–H and O–H groups in total. The first-order valence-electron chi connectivity index (χ1n) is 8.44. The van der Waals surface area contributed by atoms with Gasteiger partial charge in [0.1, 0.15) is 0 Å². The highest BCUT2D eigenvalue weighted by Crippen LogP contribution is 2.29. The Morgan fingerprint density at radius 1 is 1.11 bits per heavy atom. The van der Waals surface area contributed by atoms with Crippen molar-refractivity contribution in [3.05, 3.63) is 0 Å². The summed E-state index contributed by atoms with van der Waals surface area (Å²) in [6, 6.07) is 0.888. The highest BCUT2D eigenvalue weighted by molar-refractivity contribution is 4.89. The quantitative estimate of drug-likeness (QED) is 0.713. The maximum Gasteiger partial charge on any atom is 0.0145 e. The molecular weight excluding hydrogens is 234 g/mol. The van der Waals surface area contributed by atoms with Gasteiger partial charge in [-0.15, -0.1) is 0 Å². The summed E-state index contributed by atoms with van der Waals surface area (Å²) < 4.78 is 0. The molecule has 0 aromatic heterocycles. The van der Waals surface area contributed by atoms with Crippen LogP contribution in [0.2, 0.25) is 0 Å². The van der Waals surface area contributed by atoms with Gasteiger partial charge in [-0.1, -0.05) is 13.3 Å². The fraction of sp³-hybridized carbons (Fsp3) is 1.00. The van der Waals surface area contributed by atoms with E-state index in [9.17, 15) is 0 Å². The van der Waals surface area contributed by atoms with Crippen LogP contribution in [-0.4, -0.2) is 62.2 Å². The first-order valence-corrected chi connectivity index (χ1v) is 8.44. The normalized spacial score (nSPS) is 29.4. The minimum atomic E-state index is 0.888. The minimum Gasteiger partial charge on any atom is -0.317 e. The fourth-order valence-electron chi connectivity index (χ4n) is 3.87. The van der Waals surface area contributed by atoms with Crippen LogP contribution in [0.25, 0.3) is 0 Å². The van der Waals surface area contributed by atoms with Crippen LogP contribution in [0.5, 0.6) is 0 Å². The lowest BCUT2D eigenvalue weighted by Gasteiger charge is -2.46. The van der Waals surface area contributed by atoms with Gasteiger partial charge in [0.2, 0.25) is 0 Å². The summed E-state index contributed by atoms with van der Waals surface area (Å²) in [5.74, 6) is 0.953. The van der Waals surface area contributed by atoms with E-state index in [-0.39, 0.29) is 0 Å². The van der Waals surface area contributed by atoms with E-state index in [4.69, 9.17) is 0 Å². The molecule has 3 heteroatoms. The van der Waals surface area contributed by atoms with Gasteiger partial charge < -0.3 is 15.1 Å². The molecule has 2 unspecified atom stereocenters. The number of nitrogens with one attached hydrogen (secondary N) is 1. The number of likely N-dealkylation sites (tertiary alicyclic amines) is 2. The molecule has 2 aliphatic rings. The predicted molar refractivity (Wildman–Crippen MR) is 82.6 cm³/mol. The van der Waals surface area contributed by atoms with Crippen LogP contribution in [0.1, 0.15) is 45.4 Å². The van der Waals surface area contributed by atoms with Crippen molar-refractivity contribution in [1.29, 1.82) is 0 Å². The second kappa shape index (κ2) is 8.23. The lowest BCUT2D eigenvalue weighted by Crippen LogP contribution is -2.52. The van der Waals surface area contributed by atoms with Crippen molar-refractivity contribution < 1.29 is 0 Å². The van der Waals surface area contributed by atoms with Crippen molar-refractivity contribution >= 4 is 0 Å². The molecule has 2 atom stereocenters. The van der Waals surface area contributed by atoms with E-state index in [2.05, 4.69) is 29.1 Å². The summed E-state index contributed by atoms with van der Waals surface area (Å²) in [6.45, 7) is 9.85. The molecule has 0 aromatic carbocycles. The van der Waals surface area contributed by atoms with Crippen molar-refractivity contribution in [2.75, 3.05) is 46.3 Å². The Morgan fingerprint density at radius 3 is 2.84 bits per heavy atom. The van der Waals surface area contributed by atoms with Crippen molar-refractivity contribution in [2.45, 2.75) is 51.5 Å². The SMILES string of the molecule is CCNCCCCCN1CCC2C(CCCN2C)C1. The third-order valence-electron chi connectivity index (χ3n) is 5.01. The van der Waals surface area contributed by atoms with Gasteiger partial charge in [0.25, 0.3) is 0 Å². The van der Waals surface area contributed by atoms with Crippen LogP contribution in [-0.2, 0) is 0 Å². The lowest BCUT2D eigenvalue weighted by atomic mass is 9.84. The molecule has 0 aromatic rings. The molecular formula is C16H33N3. The van der Waals surface area contributed by atoms with Crippen molar-refractivity contribution in [1.82, 2.24) is 15.1 Å². The average molecular weight is 267 g/mol. The van der Waals surface area contributed by atoms with E-state index >= 15 is 0 Å². The Kier molecular flexibility index (Phi) is 6.62. The molecule has 0 aliphatic carbocycles. The molecule has 0 bridgehead atoms. The van der Waals surface area contributed by atoms with E-state index < -0.39 is 0 Å². The Labute approximate surface area is 119 Å². The van der Waals surface area contributed by atoms with Crippen LogP contribution < -0.4 is 5.32 Å². The van der Waals surface area contributed by atoms with Crippen LogP contribution >= 0.6 is 0 Å². The molecule has 19 heavy (non-hydrogen) atoms. The number of hydrogen-bond acceptors (Lipinski definition) is 3. The highest BCUT2D eigenvalue weighted by Gasteiger charge is 2.33. The zero-order chi connectivity index (χ0) is 13.5. The van der Waals surface area contributed by atoms with E-state index in [1.54, 1.807) is 0 Å². The van der Waals surface area contributed by atoms with Gasteiger partial charge in [0, 0.05) is 12.6 Å². The summed E-state index contributed by atoms with van der Waals surface area (Å²) in [6.07, 6.45) is 8.39.